The van der Waals surface area contributed by atoms with Crippen molar-refractivity contribution in [2.45, 2.75) is 148 Å². The number of esters is 1. The molecule has 0 saturated heterocycles. The van der Waals surface area contributed by atoms with Gasteiger partial charge in [0.05, 0.1) is 6.61 Å². The Labute approximate surface area is 176 Å². The molecule has 0 fully saturated rings. The van der Waals surface area contributed by atoms with Crippen LogP contribution < -0.4 is 5.73 Å². The summed E-state index contributed by atoms with van der Waals surface area (Å²) in [6.45, 7) is 4.48. The Kier molecular flexibility index (Phi) is 22.3. The molecule has 0 bridgehead atoms. The van der Waals surface area contributed by atoms with E-state index in [1.165, 1.54) is 116 Å². The standard InChI is InChI=1S/C25H51NO2/c1-3-4-5-6-7-8-9-10-11-12-13-14-15-16-17-18-19-20-21-22-23-28-25(27)24(2)26/h24H,3-23,26H2,1-2H3. The van der Waals surface area contributed by atoms with Gasteiger partial charge in [-0.25, -0.2) is 0 Å². The fraction of sp³-hybridized carbons (Fsp3) is 0.960. The highest BCUT2D eigenvalue weighted by molar-refractivity contribution is 5.74. The quantitative estimate of drug-likeness (QED) is 0.150. The zero-order chi connectivity index (χ0) is 20.7. The number of nitrogens with two attached hydrogens (primary N) is 1. The molecule has 0 aliphatic rings. The fourth-order valence-corrected chi connectivity index (χ4v) is 3.66. The Balaban J connectivity index is 3.04. The van der Waals surface area contributed by atoms with Gasteiger partial charge in [0.2, 0.25) is 0 Å². The molecule has 0 aromatic rings. The molecule has 0 aromatic carbocycles. The van der Waals surface area contributed by atoms with E-state index in [2.05, 4.69) is 6.92 Å². The molecule has 1 unspecified atom stereocenters. The van der Waals surface area contributed by atoms with Crippen LogP contribution in [0.2, 0.25) is 0 Å². The number of carbonyl (C=O) groups excluding carboxylic acids is 1. The molecule has 0 aromatic heterocycles. The number of hydrogen-bond donors (Lipinski definition) is 1. The molecular formula is C25H51NO2. The van der Waals surface area contributed by atoms with Gasteiger partial charge in [0.25, 0.3) is 0 Å². The van der Waals surface area contributed by atoms with E-state index in [1.807, 2.05) is 0 Å². The Bertz CT molecular complexity index is 318. The van der Waals surface area contributed by atoms with E-state index >= 15 is 0 Å². The van der Waals surface area contributed by atoms with Gasteiger partial charge in [-0.1, -0.05) is 129 Å². The number of ether oxygens (including phenoxy) is 1. The van der Waals surface area contributed by atoms with E-state index in [0.717, 1.165) is 12.8 Å². The summed E-state index contributed by atoms with van der Waals surface area (Å²) in [5.74, 6) is -0.280. The molecule has 0 rings (SSSR count). The minimum absolute atomic E-state index is 0.280. The predicted octanol–water partition coefficient (Wildman–Crippen LogP) is 7.70. The molecule has 0 radical (unpaired) electrons. The van der Waals surface area contributed by atoms with Crippen molar-refractivity contribution < 1.29 is 9.53 Å². The molecular weight excluding hydrogens is 346 g/mol. The SMILES string of the molecule is CCCCCCCCCCCCCCCCCCCCCCOC(=O)C(C)N. The van der Waals surface area contributed by atoms with Crippen molar-refractivity contribution in [2.75, 3.05) is 6.61 Å². The molecule has 3 heteroatoms. The molecule has 168 valence electrons. The molecule has 0 saturated carbocycles. The summed E-state index contributed by atoms with van der Waals surface area (Å²) < 4.78 is 5.08. The molecule has 3 nitrogen and oxygen atoms in total. The average molecular weight is 398 g/mol. The van der Waals surface area contributed by atoms with E-state index in [4.69, 9.17) is 10.5 Å². The lowest BCUT2D eigenvalue weighted by atomic mass is 10.0. The second-order valence-corrected chi connectivity index (χ2v) is 8.67. The van der Waals surface area contributed by atoms with Crippen molar-refractivity contribution in [1.82, 2.24) is 0 Å². The first-order valence-electron chi connectivity index (χ1n) is 12.6. The van der Waals surface area contributed by atoms with Gasteiger partial charge in [0, 0.05) is 0 Å². The lowest BCUT2D eigenvalue weighted by Crippen LogP contribution is -2.28. The fourth-order valence-electron chi connectivity index (χ4n) is 3.66. The molecule has 1 atom stereocenters. The first-order valence-corrected chi connectivity index (χ1v) is 12.6. The lowest BCUT2D eigenvalue weighted by molar-refractivity contribution is -0.144. The van der Waals surface area contributed by atoms with Gasteiger partial charge in [-0.3, -0.25) is 4.79 Å². The van der Waals surface area contributed by atoms with E-state index in [1.54, 1.807) is 6.92 Å². The zero-order valence-corrected chi connectivity index (χ0v) is 19.3. The van der Waals surface area contributed by atoms with E-state index in [-0.39, 0.29) is 5.97 Å². The molecule has 2 N–H and O–H groups in total. The second-order valence-electron chi connectivity index (χ2n) is 8.67. The van der Waals surface area contributed by atoms with E-state index in [9.17, 15) is 4.79 Å². The van der Waals surface area contributed by atoms with Crippen LogP contribution >= 0.6 is 0 Å². The van der Waals surface area contributed by atoms with Crippen LogP contribution in [0.1, 0.15) is 142 Å². The predicted molar refractivity (Wildman–Crippen MR) is 123 cm³/mol. The van der Waals surface area contributed by atoms with Gasteiger partial charge in [-0.05, 0) is 13.3 Å². The summed E-state index contributed by atoms with van der Waals surface area (Å²) in [5, 5.41) is 0. The largest absolute Gasteiger partial charge is 0.465 e. The Morgan fingerprint density at radius 2 is 0.893 bits per heavy atom. The normalized spacial score (nSPS) is 12.2. The second kappa shape index (κ2) is 22.7. The summed E-state index contributed by atoms with van der Waals surface area (Å²) in [7, 11) is 0. The van der Waals surface area contributed by atoms with Gasteiger partial charge in [-0.2, -0.15) is 0 Å². The minimum atomic E-state index is -0.495. The lowest BCUT2D eigenvalue weighted by Gasteiger charge is -2.07. The van der Waals surface area contributed by atoms with Gasteiger partial charge in [0.1, 0.15) is 6.04 Å². The molecule has 0 spiro atoms. The monoisotopic (exact) mass is 397 g/mol. The Morgan fingerprint density at radius 3 is 1.18 bits per heavy atom. The van der Waals surface area contributed by atoms with Crippen LogP contribution in [0.3, 0.4) is 0 Å². The summed E-state index contributed by atoms with van der Waals surface area (Å²) in [6.07, 6.45) is 27.6. The topological polar surface area (TPSA) is 52.3 Å². The summed E-state index contributed by atoms with van der Waals surface area (Å²) in [6, 6.07) is -0.495. The van der Waals surface area contributed by atoms with Crippen LogP contribution in [0.4, 0.5) is 0 Å². The number of hydrogen-bond acceptors (Lipinski definition) is 3. The highest BCUT2D eigenvalue weighted by Crippen LogP contribution is 2.14. The maximum absolute atomic E-state index is 11.2. The van der Waals surface area contributed by atoms with Crippen molar-refractivity contribution in [3.63, 3.8) is 0 Å². The highest BCUT2D eigenvalue weighted by atomic mass is 16.5. The minimum Gasteiger partial charge on any atom is -0.465 e. The summed E-state index contributed by atoms with van der Waals surface area (Å²) in [4.78, 5) is 11.2. The third kappa shape index (κ3) is 21.7. The summed E-state index contributed by atoms with van der Waals surface area (Å²) in [5.41, 5.74) is 5.45. The smallest absolute Gasteiger partial charge is 0.322 e. The van der Waals surface area contributed by atoms with Crippen molar-refractivity contribution in [2.24, 2.45) is 5.73 Å². The zero-order valence-electron chi connectivity index (χ0n) is 19.3. The number of unbranched alkanes of at least 4 members (excludes halogenated alkanes) is 19. The van der Waals surface area contributed by atoms with Crippen LogP contribution in [0.25, 0.3) is 0 Å². The highest BCUT2D eigenvalue weighted by Gasteiger charge is 2.07. The van der Waals surface area contributed by atoms with Crippen molar-refractivity contribution in [3.05, 3.63) is 0 Å². The van der Waals surface area contributed by atoms with Crippen LogP contribution in [0.5, 0.6) is 0 Å². The third-order valence-corrected chi connectivity index (χ3v) is 5.61. The third-order valence-electron chi connectivity index (χ3n) is 5.61. The maximum Gasteiger partial charge on any atom is 0.322 e. The van der Waals surface area contributed by atoms with E-state index in [0.29, 0.717) is 6.61 Å². The van der Waals surface area contributed by atoms with Gasteiger partial charge in [0.15, 0.2) is 0 Å². The van der Waals surface area contributed by atoms with Crippen LogP contribution in [-0.4, -0.2) is 18.6 Å². The van der Waals surface area contributed by atoms with E-state index < -0.39 is 6.04 Å². The van der Waals surface area contributed by atoms with Crippen molar-refractivity contribution in [3.8, 4) is 0 Å². The molecule has 0 heterocycles. The molecule has 0 aliphatic heterocycles. The first kappa shape index (κ1) is 27.4. The van der Waals surface area contributed by atoms with Crippen molar-refractivity contribution >= 4 is 5.97 Å². The average Bonchev–Trinajstić information content (AvgIpc) is 2.68. The first-order chi connectivity index (χ1) is 13.7. The van der Waals surface area contributed by atoms with Gasteiger partial charge in [-0.15, -0.1) is 0 Å². The maximum atomic E-state index is 11.2. The van der Waals surface area contributed by atoms with Crippen LogP contribution in [0, 0.1) is 0 Å². The Hall–Kier alpha value is -0.570. The molecule has 0 amide bonds. The van der Waals surface area contributed by atoms with Crippen LogP contribution in [0.15, 0.2) is 0 Å². The number of carbonyl (C=O) groups is 1. The number of rotatable bonds is 22. The van der Waals surface area contributed by atoms with Gasteiger partial charge >= 0.3 is 5.97 Å². The molecule has 28 heavy (non-hydrogen) atoms. The van der Waals surface area contributed by atoms with Crippen LogP contribution in [-0.2, 0) is 9.53 Å². The molecule has 0 aliphatic carbocycles. The Morgan fingerprint density at radius 1 is 0.607 bits per heavy atom. The van der Waals surface area contributed by atoms with Crippen molar-refractivity contribution in [1.29, 1.82) is 0 Å². The van der Waals surface area contributed by atoms with Gasteiger partial charge < -0.3 is 10.5 Å². The summed E-state index contributed by atoms with van der Waals surface area (Å²) >= 11 is 0.